The molecule has 0 aliphatic heterocycles. The molecule has 206 valence electrons. The van der Waals surface area contributed by atoms with Crippen LogP contribution in [-0.4, -0.2) is 20.5 Å². The third-order valence-corrected chi connectivity index (χ3v) is 5.60. The minimum absolute atomic E-state index is 0.226. The Morgan fingerprint density at radius 1 is 0.919 bits per heavy atom. The Labute approximate surface area is 229 Å². The van der Waals surface area contributed by atoms with Crippen molar-refractivity contribution >= 4 is 17.9 Å². The molecule has 2 aromatic carbocycles. The summed E-state index contributed by atoms with van der Waals surface area (Å²) >= 11 is 6.26. The van der Waals surface area contributed by atoms with E-state index in [4.69, 9.17) is 30.2 Å². The zero-order chi connectivity index (χ0) is 28.5. The summed E-state index contributed by atoms with van der Waals surface area (Å²) in [5.41, 5.74) is 4.28. The van der Waals surface area contributed by atoms with Gasteiger partial charge in [-0.3, -0.25) is 4.79 Å². The Balaban J connectivity index is 0.000000616. The Bertz CT molecular complexity index is 1070. The smallest absolute Gasteiger partial charge is 0.290 e. The van der Waals surface area contributed by atoms with Gasteiger partial charge in [0, 0.05) is 22.7 Å². The van der Waals surface area contributed by atoms with Crippen LogP contribution in [-0.2, 0) is 0 Å². The highest BCUT2D eigenvalue weighted by Crippen LogP contribution is 2.37. The zero-order valence-corrected chi connectivity index (χ0v) is 25.2. The van der Waals surface area contributed by atoms with Crippen LogP contribution in [0.5, 0.6) is 23.2 Å². The van der Waals surface area contributed by atoms with Crippen molar-refractivity contribution < 1.29 is 23.4 Å². The number of hydrogen-bond donors (Lipinski definition) is 0. The number of carbonyl (C=O) groups excluding carboxylic acids is 1. The molecule has 0 saturated heterocycles. The van der Waals surface area contributed by atoms with Gasteiger partial charge in [-0.05, 0) is 67.6 Å². The number of methoxy groups -OCH3 is 2. The van der Waals surface area contributed by atoms with Crippen LogP contribution in [0.2, 0.25) is 5.02 Å². The van der Waals surface area contributed by atoms with E-state index in [9.17, 15) is 4.79 Å². The van der Waals surface area contributed by atoms with Crippen LogP contribution in [0.4, 0.5) is 0 Å². The second-order valence-electron chi connectivity index (χ2n) is 8.46. The van der Waals surface area contributed by atoms with Gasteiger partial charge < -0.3 is 18.6 Å². The molecule has 3 rings (SSSR count). The van der Waals surface area contributed by atoms with Gasteiger partial charge in [0.25, 0.3) is 5.95 Å². The molecule has 5 nitrogen and oxygen atoms in total. The molecule has 0 saturated carbocycles. The minimum atomic E-state index is 0.226. The maximum absolute atomic E-state index is 10.6. The summed E-state index contributed by atoms with van der Waals surface area (Å²) < 4.78 is 21.2. The Kier molecular flexibility index (Phi) is 16.9. The molecule has 1 aromatic heterocycles. The number of halogens is 1. The standard InChI is InChI=1S/C15H15ClO3.C10H14O2.C4H10.C2H6/c1-9(2)15-12(16)6-10(3)7-13(15)19-14-5-4-11(8-17)18-14;1-7-5-9(11-3)6-10(12-4)8(7)2;1-3-4-2;1-2/h4-9H,1-3H3;5-6H,1-4H3;3-4H2,1-2H3;1-2H3. The van der Waals surface area contributed by atoms with E-state index in [2.05, 4.69) is 13.8 Å². The van der Waals surface area contributed by atoms with Crippen LogP contribution >= 0.6 is 11.6 Å². The van der Waals surface area contributed by atoms with Gasteiger partial charge >= 0.3 is 0 Å². The van der Waals surface area contributed by atoms with Crippen LogP contribution in [0.1, 0.15) is 93.1 Å². The number of aldehydes is 1. The van der Waals surface area contributed by atoms with Crippen molar-refractivity contribution in [3.63, 3.8) is 0 Å². The lowest BCUT2D eigenvalue weighted by molar-refractivity contribution is 0.109. The Hall–Kier alpha value is -2.92. The molecule has 0 fully saturated rings. The second kappa shape index (κ2) is 18.3. The number of rotatable bonds is 7. The van der Waals surface area contributed by atoms with Crippen molar-refractivity contribution in [1.29, 1.82) is 0 Å². The van der Waals surface area contributed by atoms with Crippen molar-refractivity contribution in [1.82, 2.24) is 0 Å². The highest BCUT2D eigenvalue weighted by Gasteiger charge is 2.15. The van der Waals surface area contributed by atoms with Gasteiger partial charge in [0.15, 0.2) is 12.0 Å². The lowest BCUT2D eigenvalue weighted by atomic mass is 10.0. The Morgan fingerprint density at radius 2 is 1.54 bits per heavy atom. The monoisotopic (exact) mass is 532 g/mol. The summed E-state index contributed by atoms with van der Waals surface area (Å²) in [6, 6.07) is 10.9. The molecular weight excluding hydrogens is 488 g/mol. The summed E-state index contributed by atoms with van der Waals surface area (Å²) in [5, 5.41) is 0.673. The van der Waals surface area contributed by atoms with Gasteiger partial charge in [0.2, 0.25) is 0 Å². The molecule has 0 aliphatic carbocycles. The highest BCUT2D eigenvalue weighted by atomic mass is 35.5. The number of ether oxygens (including phenoxy) is 3. The minimum Gasteiger partial charge on any atom is -0.497 e. The van der Waals surface area contributed by atoms with E-state index in [1.54, 1.807) is 26.4 Å². The Morgan fingerprint density at radius 3 is 2.00 bits per heavy atom. The summed E-state index contributed by atoms with van der Waals surface area (Å²) in [6.45, 7) is 18.5. The quantitative estimate of drug-likeness (QED) is 0.283. The first-order valence-electron chi connectivity index (χ1n) is 12.8. The van der Waals surface area contributed by atoms with Crippen molar-refractivity contribution in [2.45, 2.75) is 81.1 Å². The molecule has 37 heavy (non-hydrogen) atoms. The normalized spacial score (nSPS) is 9.65. The van der Waals surface area contributed by atoms with Gasteiger partial charge in [0.05, 0.1) is 14.2 Å². The predicted octanol–water partition coefficient (Wildman–Crippen LogP) is 10.1. The lowest BCUT2D eigenvalue weighted by Gasteiger charge is -2.15. The van der Waals surface area contributed by atoms with Crippen molar-refractivity contribution in [2.24, 2.45) is 0 Å². The fraction of sp³-hybridized carbons (Fsp3) is 0.452. The first-order chi connectivity index (χ1) is 17.6. The molecule has 0 spiro atoms. The van der Waals surface area contributed by atoms with Crippen LogP contribution in [0.3, 0.4) is 0 Å². The number of furan rings is 1. The van der Waals surface area contributed by atoms with E-state index in [0.29, 0.717) is 17.1 Å². The zero-order valence-electron chi connectivity index (χ0n) is 24.5. The summed E-state index contributed by atoms with van der Waals surface area (Å²) in [7, 11) is 3.32. The van der Waals surface area contributed by atoms with E-state index in [1.807, 2.05) is 72.7 Å². The number of hydrogen-bond acceptors (Lipinski definition) is 5. The van der Waals surface area contributed by atoms with Crippen LogP contribution in [0.15, 0.2) is 40.8 Å². The third-order valence-electron chi connectivity index (χ3n) is 5.29. The van der Waals surface area contributed by atoms with Gasteiger partial charge in [-0.15, -0.1) is 0 Å². The molecule has 1 heterocycles. The number of benzene rings is 2. The second-order valence-corrected chi connectivity index (χ2v) is 8.87. The van der Waals surface area contributed by atoms with Gasteiger partial charge in [-0.25, -0.2) is 0 Å². The highest BCUT2D eigenvalue weighted by molar-refractivity contribution is 6.31. The molecule has 0 unspecified atom stereocenters. The van der Waals surface area contributed by atoms with E-state index < -0.39 is 0 Å². The average Bonchev–Trinajstić information content (AvgIpc) is 3.34. The van der Waals surface area contributed by atoms with Crippen LogP contribution in [0.25, 0.3) is 0 Å². The maximum Gasteiger partial charge on any atom is 0.290 e. The number of carbonyl (C=O) groups is 1. The molecule has 0 bridgehead atoms. The molecule has 0 radical (unpaired) electrons. The van der Waals surface area contributed by atoms with Gasteiger partial charge in [-0.1, -0.05) is 66.0 Å². The van der Waals surface area contributed by atoms with Gasteiger partial charge in [0.1, 0.15) is 17.2 Å². The first-order valence-corrected chi connectivity index (χ1v) is 13.2. The lowest BCUT2D eigenvalue weighted by Crippen LogP contribution is -1.96. The fourth-order valence-electron chi connectivity index (χ4n) is 3.05. The van der Waals surface area contributed by atoms with Crippen molar-refractivity contribution in [3.8, 4) is 23.2 Å². The molecular formula is C31H45ClO5. The maximum atomic E-state index is 10.6. The van der Waals surface area contributed by atoms with Crippen molar-refractivity contribution in [2.75, 3.05) is 14.2 Å². The van der Waals surface area contributed by atoms with E-state index in [1.165, 1.54) is 24.0 Å². The molecule has 6 heteroatoms. The third kappa shape index (κ3) is 11.3. The van der Waals surface area contributed by atoms with Crippen molar-refractivity contribution in [3.05, 3.63) is 69.4 Å². The molecule has 0 aliphatic rings. The number of unbranched alkanes of at least 4 members (excludes halogenated alkanes) is 1. The molecule has 0 N–H and O–H groups in total. The topological polar surface area (TPSA) is 57.9 Å². The summed E-state index contributed by atoms with van der Waals surface area (Å²) in [4.78, 5) is 10.6. The summed E-state index contributed by atoms with van der Waals surface area (Å²) in [6.07, 6.45) is 3.28. The largest absolute Gasteiger partial charge is 0.497 e. The average molecular weight is 533 g/mol. The van der Waals surface area contributed by atoms with Crippen LogP contribution < -0.4 is 14.2 Å². The first kappa shape index (κ1) is 34.1. The van der Waals surface area contributed by atoms with E-state index in [-0.39, 0.29) is 17.6 Å². The molecule has 0 amide bonds. The van der Waals surface area contributed by atoms with E-state index >= 15 is 0 Å². The van der Waals surface area contributed by atoms with Crippen LogP contribution in [0, 0.1) is 20.8 Å². The predicted molar refractivity (Wildman–Crippen MR) is 155 cm³/mol. The molecule has 3 aromatic rings. The number of aryl methyl sites for hydroxylation is 2. The van der Waals surface area contributed by atoms with E-state index in [0.717, 1.165) is 22.6 Å². The SMILES string of the molecule is CC.CCCC.COc1cc(C)c(C)c(OC)c1.Cc1cc(Cl)c(C(C)C)c(Oc2ccc(C=O)o2)c1. The summed E-state index contributed by atoms with van der Waals surface area (Å²) in [5.74, 6) is 3.13. The fourth-order valence-corrected chi connectivity index (χ4v) is 3.54. The van der Waals surface area contributed by atoms with Gasteiger partial charge in [-0.2, -0.15) is 0 Å². The molecule has 0 atom stereocenters.